The summed E-state index contributed by atoms with van der Waals surface area (Å²) in [7, 11) is 0. The number of carbonyl (C=O) groups is 1. The third-order valence-corrected chi connectivity index (χ3v) is 3.38. The molecule has 2 aromatic rings. The zero-order chi connectivity index (χ0) is 16.9. The zero-order valence-corrected chi connectivity index (χ0v) is 14.4. The molecule has 1 heterocycles. The minimum atomic E-state index is -0.476. The summed E-state index contributed by atoms with van der Waals surface area (Å²) >= 11 is 6.17. The molecule has 0 saturated carbocycles. The van der Waals surface area contributed by atoms with Gasteiger partial charge in [-0.05, 0) is 51.5 Å². The normalized spacial score (nSPS) is 11.3. The first-order valence-electron chi connectivity index (χ1n) is 7.61. The maximum absolute atomic E-state index is 11.5. The Bertz CT molecular complexity index is 683. The number of hydrogen-bond acceptors (Lipinski definition) is 4. The van der Waals surface area contributed by atoms with E-state index in [4.69, 9.17) is 16.3 Å². The van der Waals surface area contributed by atoms with Gasteiger partial charge >= 0.3 is 6.09 Å². The van der Waals surface area contributed by atoms with E-state index in [1.807, 2.05) is 45.0 Å². The largest absolute Gasteiger partial charge is 0.444 e. The Kier molecular flexibility index (Phi) is 5.66. The summed E-state index contributed by atoms with van der Waals surface area (Å²) in [6, 6.07) is 7.58. The van der Waals surface area contributed by atoms with Crippen molar-refractivity contribution in [3.05, 3.63) is 35.5 Å². The van der Waals surface area contributed by atoms with Crippen molar-refractivity contribution < 1.29 is 9.53 Å². The van der Waals surface area contributed by atoms with Crippen molar-refractivity contribution in [1.29, 1.82) is 0 Å². The van der Waals surface area contributed by atoms with Crippen molar-refractivity contribution in [2.75, 3.05) is 18.4 Å². The van der Waals surface area contributed by atoms with E-state index in [2.05, 4.69) is 15.6 Å². The topological polar surface area (TPSA) is 63.2 Å². The second kappa shape index (κ2) is 7.51. The van der Waals surface area contributed by atoms with Crippen LogP contribution in [0.25, 0.3) is 10.9 Å². The van der Waals surface area contributed by atoms with Crippen LogP contribution in [0.4, 0.5) is 10.5 Å². The highest BCUT2D eigenvalue weighted by Crippen LogP contribution is 2.27. The van der Waals surface area contributed by atoms with E-state index in [1.165, 1.54) is 0 Å². The molecule has 0 aliphatic heterocycles. The lowest BCUT2D eigenvalue weighted by Gasteiger charge is -2.19. The molecule has 1 aromatic carbocycles. The molecule has 0 saturated heterocycles. The molecule has 0 bridgehead atoms. The van der Waals surface area contributed by atoms with Crippen LogP contribution >= 0.6 is 11.6 Å². The smallest absolute Gasteiger partial charge is 0.407 e. The van der Waals surface area contributed by atoms with E-state index < -0.39 is 11.7 Å². The van der Waals surface area contributed by atoms with E-state index in [0.717, 1.165) is 23.0 Å². The van der Waals surface area contributed by atoms with Gasteiger partial charge in [-0.1, -0.05) is 11.6 Å². The lowest BCUT2D eigenvalue weighted by atomic mass is 10.2. The van der Waals surface area contributed by atoms with Gasteiger partial charge in [-0.15, -0.1) is 0 Å². The first-order chi connectivity index (χ1) is 10.9. The number of halogens is 1. The monoisotopic (exact) mass is 335 g/mol. The molecule has 124 valence electrons. The third-order valence-electron chi connectivity index (χ3n) is 3.05. The minimum Gasteiger partial charge on any atom is -0.444 e. The van der Waals surface area contributed by atoms with Crippen LogP contribution in [0, 0.1) is 0 Å². The van der Waals surface area contributed by atoms with E-state index in [1.54, 1.807) is 6.20 Å². The van der Waals surface area contributed by atoms with Gasteiger partial charge in [0.15, 0.2) is 0 Å². The maximum atomic E-state index is 11.5. The van der Waals surface area contributed by atoms with Crippen LogP contribution in [-0.2, 0) is 4.74 Å². The second-order valence-corrected chi connectivity index (χ2v) is 6.61. The number of rotatable bonds is 5. The Morgan fingerprint density at radius 1 is 1.26 bits per heavy atom. The predicted octanol–water partition coefficient (Wildman–Crippen LogP) is 4.21. The number of hydrogen-bond donors (Lipinski definition) is 2. The SMILES string of the molecule is CC(C)(C)OC(=O)NCCCNc1ccc(Cl)c2cccnc12. The fraction of sp³-hybridized carbons (Fsp3) is 0.412. The van der Waals surface area contributed by atoms with Crippen LogP contribution in [0.3, 0.4) is 0 Å². The number of alkyl carbamates (subject to hydrolysis) is 1. The van der Waals surface area contributed by atoms with E-state index in [-0.39, 0.29) is 0 Å². The van der Waals surface area contributed by atoms with Crippen molar-refractivity contribution in [3.63, 3.8) is 0 Å². The standard InChI is InChI=1S/C17H22ClN3O2/c1-17(2,3)23-16(22)21-11-5-10-19-14-8-7-13(18)12-6-4-9-20-15(12)14/h4,6-9,19H,5,10-11H2,1-3H3,(H,21,22). The zero-order valence-electron chi connectivity index (χ0n) is 13.6. The second-order valence-electron chi connectivity index (χ2n) is 6.20. The van der Waals surface area contributed by atoms with Gasteiger partial charge in [0.1, 0.15) is 5.60 Å². The molecule has 5 nitrogen and oxygen atoms in total. The molecule has 0 radical (unpaired) electrons. The van der Waals surface area contributed by atoms with Crippen molar-refractivity contribution in [3.8, 4) is 0 Å². The van der Waals surface area contributed by atoms with Gasteiger partial charge < -0.3 is 15.4 Å². The number of amides is 1. The average molecular weight is 336 g/mol. The molecule has 0 aliphatic rings. The molecule has 6 heteroatoms. The molecule has 0 fully saturated rings. The average Bonchev–Trinajstić information content (AvgIpc) is 2.47. The number of nitrogens with one attached hydrogen (secondary N) is 2. The Labute approximate surface area is 141 Å². The van der Waals surface area contributed by atoms with Gasteiger partial charge in [0.2, 0.25) is 0 Å². The molecule has 23 heavy (non-hydrogen) atoms. The van der Waals surface area contributed by atoms with Gasteiger partial charge in [0.25, 0.3) is 0 Å². The van der Waals surface area contributed by atoms with Gasteiger partial charge in [0, 0.05) is 24.7 Å². The number of aromatic nitrogens is 1. The van der Waals surface area contributed by atoms with Crippen LogP contribution in [0.2, 0.25) is 5.02 Å². The molecule has 0 unspecified atom stereocenters. The Hall–Kier alpha value is -2.01. The fourth-order valence-corrected chi connectivity index (χ4v) is 2.31. The molecule has 1 aromatic heterocycles. The minimum absolute atomic E-state index is 0.392. The molecule has 2 N–H and O–H groups in total. The number of ether oxygens (including phenoxy) is 1. The quantitative estimate of drug-likeness (QED) is 0.803. The first kappa shape index (κ1) is 17.3. The first-order valence-corrected chi connectivity index (χ1v) is 7.98. The Morgan fingerprint density at radius 2 is 2.04 bits per heavy atom. The Balaban J connectivity index is 1.81. The summed E-state index contributed by atoms with van der Waals surface area (Å²) < 4.78 is 5.18. The van der Waals surface area contributed by atoms with Crippen molar-refractivity contribution in [2.24, 2.45) is 0 Å². The summed E-state index contributed by atoms with van der Waals surface area (Å²) in [4.78, 5) is 15.9. The lowest BCUT2D eigenvalue weighted by molar-refractivity contribution is 0.0528. The Morgan fingerprint density at radius 3 is 2.78 bits per heavy atom. The number of fused-ring (bicyclic) bond motifs is 1. The molecule has 0 atom stereocenters. The van der Waals surface area contributed by atoms with Gasteiger partial charge in [-0.25, -0.2) is 4.79 Å². The molecular formula is C17H22ClN3O2. The van der Waals surface area contributed by atoms with Crippen molar-refractivity contribution in [1.82, 2.24) is 10.3 Å². The number of benzene rings is 1. The summed E-state index contributed by atoms with van der Waals surface area (Å²) in [5, 5.41) is 7.67. The van der Waals surface area contributed by atoms with Crippen LogP contribution in [0.15, 0.2) is 30.5 Å². The van der Waals surface area contributed by atoms with Crippen molar-refractivity contribution >= 4 is 34.3 Å². The van der Waals surface area contributed by atoms with Gasteiger partial charge in [-0.3, -0.25) is 4.98 Å². The summed E-state index contributed by atoms with van der Waals surface area (Å²) in [6.45, 7) is 6.77. The fourth-order valence-electron chi connectivity index (χ4n) is 2.10. The summed E-state index contributed by atoms with van der Waals surface area (Å²) in [5.74, 6) is 0. The number of nitrogens with zero attached hydrogens (tertiary/aromatic N) is 1. The van der Waals surface area contributed by atoms with Gasteiger partial charge in [0.05, 0.1) is 16.2 Å². The molecule has 0 spiro atoms. The van der Waals surface area contributed by atoms with E-state index in [0.29, 0.717) is 18.1 Å². The van der Waals surface area contributed by atoms with Gasteiger partial charge in [-0.2, -0.15) is 0 Å². The number of pyridine rings is 1. The van der Waals surface area contributed by atoms with Crippen molar-refractivity contribution in [2.45, 2.75) is 32.8 Å². The molecular weight excluding hydrogens is 314 g/mol. The highest BCUT2D eigenvalue weighted by Gasteiger charge is 2.15. The highest BCUT2D eigenvalue weighted by atomic mass is 35.5. The number of carbonyl (C=O) groups excluding carboxylic acids is 1. The molecule has 1 amide bonds. The highest BCUT2D eigenvalue weighted by molar-refractivity contribution is 6.35. The summed E-state index contributed by atoms with van der Waals surface area (Å²) in [6.07, 6.45) is 2.13. The van der Waals surface area contributed by atoms with E-state index >= 15 is 0 Å². The molecule has 0 aliphatic carbocycles. The molecule has 2 rings (SSSR count). The lowest BCUT2D eigenvalue weighted by Crippen LogP contribution is -2.33. The van der Waals surface area contributed by atoms with Crippen LogP contribution in [0.5, 0.6) is 0 Å². The predicted molar refractivity (Wildman–Crippen MR) is 94.1 cm³/mol. The third kappa shape index (κ3) is 5.28. The van der Waals surface area contributed by atoms with E-state index in [9.17, 15) is 4.79 Å². The number of anilines is 1. The van der Waals surface area contributed by atoms with Crippen LogP contribution in [-0.4, -0.2) is 29.8 Å². The van der Waals surface area contributed by atoms with Crippen LogP contribution in [0.1, 0.15) is 27.2 Å². The summed E-state index contributed by atoms with van der Waals surface area (Å²) in [5.41, 5.74) is 1.30. The maximum Gasteiger partial charge on any atom is 0.407 e. The van der Waals surface area contributed by atoms with Crippen LogP contribution < -0.4 is 10.6 Å².